The van der Waals surface area contributed by atoms with E-state index in [0.717, 1.165) is 74.4 Å². The SMILES string of the molecule is COCc1cc(C(C(=O)N[C@@H](CC(C)C)c2ccccc2N2CCCCC2)C(=O)N[C@@H](CC(C)C)c2ccccc2N2CCCCC2)ccc1C(=O)O. The number of nitrogens with zero attached hydrogens (tertiary/aromatic N) is 2. The number of carboxylic acid groups (broad SMARTS) is 1. The van der Waals surface area contributed by atoms with E-state index in [2.05, 4.69) is 84.5 Å². The van der Waals surface area contributed by atoms with Gasteiger partial charge in [0, 0.05) is 44.7 Å². The quantitative estimate of drug-likeness (QED) is 0.127. The Morgan fingerprint density at radius 3 is 1.55 bits per heavy atom. The van der Waals surface area contributed by atoms with E-state index < -0.39 is 23.7 Å². The predicted octanol–water partition coefficient (Wildman–Crippen LogP) is 8.40. The van der Waals surface area contributed by atoms with Crippen LogP contribution >= 0.6 is 0 Å². The van der Waals surface area contributed by atoms with Crippen LogP contribution in [0.3, 0.4) is 0 Å². The zero-order chi connectivity index (χ0) is 37.9. The molecule has 2 aliphatic heterocycles. The Balaban J connectivity index is 1.55. The summed E-state index contributed by atoms with van der Waals surface area (Å²) >= 11 is 0. The maximum absolute atomic E-state index is 14.8. The van der Waals surface area contributed by atoms with Crippen molar-refractivity contribution < 1.29 is 24.2 Å². The van der Waals surface area contributed by atoms with E-state index in [1.165, 1.54) is 26.0 Å². The van der Waals surface area contributed by atoms with Gasteiger partial charge in [-0.2, -0.15) is 0 Å². The number of para-hydroxylation sites is 2. The summed E-state index contributed by atoms with van der Waals surface area (Å²) in [4.78, 5) is 46.7. The Bertz CT molecular complexity index is 1590. The molecule has 0 bridgehead atoms. The second kappa shape index (κ2) is 19.1. The lowest BCUT2D eigenvalue weighted by Crippen LogP contribution is -2.43. The largest absolute Gasteiger partial charge is 0.478 e. The van der Waals surface area contributed by atoms with Crippen LogP contribution in [0.25, 0.3) is 0 Å². The molecule has 0 saturated carbocycles. The number of carboxylic acids is 1. The summed E-state index contributed by atoms with van der Waals surface area (Å²) in [5.74, 6) is -2.62. The Labute approximate surface area is 316 Å². The lowest BCUT2D eigenvalue weighted by Gasteiger charge is -2.34. The minimum Gasteiger partial charge on any atom is -0.478 e. The molecule has 0 unspecified atom stereocenters. The summed E-state index contributed by atoms with van der Waals surface area (Å²) in [6.45, 7) is 12.5. The van der Waals surface area contributed by atoms with Crippen molar-refractivity contribution in [1.29, 1.82) is 0 Å². The van der Waals surface area contributed by atoms with E-state index in [0.29, 0.717) is 24.0 Å². The Morgan fingerprint density at radius 1 is 0.679 bits per heavy atom. The van der Waals surface area contributed by atoms with Crippen molar-refractivity contribution in [3.05, 3.63) is 94.5 Å². The molecule has 2 fully saturated rings. The van der Waals surface area contributed by atoms with Crippen molar-refractivity contribution in [3.8, 4) is 0 Å². The van der Waals surface area contributed by atoms with Crippen LogP contribution in [0.15, 0.2) is 66.7 Å². The molecular formula is C44H60N4O5. The number of aromatic carboxylic acids is 1. The predicted molar refractivity (Wildman–Crippen MR) is 213 cm³/mol. The van der Waals surface area contributed by atoms with Gasteiger partial charge in [0.05, 0.1) is 24.3 Å². The molecule has 0 aliphatic carbocycles. The fraction of sp³-hybridized carbons (Fsp3) is 0.523. The van der Waals surface area contributed by atoms with Crippen LogP contribution in [0.1, 0.15) is 130 Å². The normalized spacial score (nSPS) is 16.2. The van der Waals surface area contributed by atoms with Gasteiger partial charge in [0.1, 0.15) is 5.92 Å². The first-order valence-corrected chi connectivity index (χ1v) is 19.7. The third-order valence-corrected chi connectivity index (χ3v) is 10.6. The van der Waals surface area contributed by atoms with Gasteiger partial charge in [-0.15, -0.1) is 0 Å². The van der Waals surface area contributed by atoms with Crippen LogP contribution in [0.2, 0.25) is 0 Å². The van der Waals surface area contributed by atoms with Crippen LogP contribution in [-0.4, -0.2) is 56.2 Å². The van der Waals surface area contributed by atoms with Gasteiger partial charge in [-0.1, -0.05) is 76.2 Å². The molecule has 0 spiro atoms. The van der Waals surface area contributed by atoms with Gasteiger partial charge in [-0.3, -0.25) is 9.59 Å². The van der Waals surface area contributed by atoms with Gasteiger partial charge in [-0.25, -0.2) is 4.79 Å². The first kappa shape index (κ1) is 39.8. The molecule has 3 N–H and O–H groups in total. The van der Waals surface area contributed by atoms with Gasteiger partial charge < -0.3 is 30.3 Å². The average molecular weight is 725 g/mol. The molecule has 5 rings (SSSR count). The molecular weight excluding hydrogens is 665 g/mol. The number of anilines is 2. The topological polar surface area (TPSA) is 111 Å². The standard InChI is InChI=1S/C44H60N4O5/c1-30(2)26-37(35-16-8-10-18-39(35)47-22-12-6-13-23-47)45-42(49)41(32-20-21-34(44(51)52)33(28-32)29-53-5)43(50)46-38(27-31(3)4)36-17-9-11-19-40(36)48-24-14-7-15-25-48/h8-11,16-21,28,30-31,37-38,41H,6-7,12-15,22-27,29H2,1-5H3,(H,45,49)(H,46,50)(H,51,52)/t37-,38-/m0/s1. The molecule has 2 amide bonds. The maximum Gasteiger partial charge on any atom is 0.336 e. The monoisotopic (exact) mass is 724 g/mol. The fourth-order valence-electron chi connectivity index (χ4n) is 8.09. The minimum atomic E-state index is -1.23. The number of methoxy groups -OCH3 is 1. The van der Waals surface area contributed by atoms with Crippen LogP contribution in [0.4, 0.5) is 11.4 Å². The first-order valence-electron chi connectivity index (χ1n) is 19.7. The highest BCUT2D eigenvalue weighted by Crippen LogP contribution is 2.35. The zero-order valence-corrected chi connectivity index (χ0v) is 32.4. The molecule has 53 heavy (non-hydrogen) atoms. The van der Waals surface area contributed by atoms with E-state index in [1.54, 1.807) is 12.1 Å². The van der Waals surface area contributed by atoms with Crippen molar-refractivity contribution in [3.63, 3.8) is 0 Å². The number of ether oxygens (including phenoxy) is 1. The molecule has 2 saturated heterocycles. The molecule has 2 atom stereocenters. The van der Waals surface area contributed by atoms with Crippen molar-refractivity contribution in [1.82, 2.24) is 10.6 Å². The van der Waals surface area contributed by atoms with Crippen molar-refractivity contribution in [2.24, 2.45) is 11.8 Å². The third kappa shape index (κ3) is 10.4. The van der Waals surface area contributed by atoms with E-state index in [4.69, 9.17) is 4.74 Å². The van der Waals surface area contributed by atoms with Crippen LogP contribution in [0.5, 0.6) is 0 Å². The Morgan fingerprint density at radius 2 is 1.13 bits per heavy atom. The number of piperidine rings is 2. The van der Waals surface area contributed by atoms with E-state index in [-0.39, 0.29) is 36.1 Å². The molecule has 2 heterocycles. The first-order chi connectivity index (χ1) is 25.6. The summed E-state index contributed by atoms with van der Waals surface area (Å²) in [7, 11) is 1.50. The Hall–Kier alpha value is -4.37. The van der Waals surface area contributed by atoms with E-state index in [9.17, 15) is 19.5 Å². The number of rotatable bonds is 16. The second-order valence-corrected chi connectivity index (χ2v) is 15.7. The lowest BCUT2D eigenvalue weighted by atomic mass is 9.89. The molecule has 286 valence electrons. The molecule has 3 aromatic carbocycles. The van der Waals surface area contributed by atoms with Crippen LogP contribution in [-0.2, 0) is 20.9 Å². The summed E-state index contributed by atoms with van der Waals surface area (Å²) in [5, 5.41) is 16.6. The van der Waals surface area contributed by atoms with Gasteiger partial charge in [0.25, 0.3) is 0 Å². The highest BCUT2D eigenvalue weighted by Gasteiger charge is 2.35. The number of hydrogen-bond acceptors (Lipinski definition) is 6. The number of carbonyl (C=O) groups excluding carboxylic acids is 2. The number of benzene rings is 3. The fourth-order valence-corrected chi connectivity index (χ4v) is 8.09. The highest BCUT2D eigenvalue weighted by molar-refractivity contribution is 6.06. The molecule has 2 aliphatic rings. The van der Waals surface area contributed by atoms with Crippen LogP contribution in [0, 0.1) is 11.8 Å². The summed E-state index contributed by atoms with van der Waals surface area (Å²) in [6, 6.07) is 20.7. The van der Waals surface area contributed by atoms with E-state index >= 15 is 0 Å². The number of hydrogen-bond donors (Lipinski definition) is 3. The minimum absolute atomic E-state index is 0.0315. The molecule has 0 radical (unpaired) electrons. The van der Waals surface area contributed by atoms with Crippen molar-refractivity contribution >= 4 is 29.2 Å². The molecule has 0 aromatic heterocycles. The van der Waals surface area contributed by atoms with Crippen molar-refractivity contribution in [2.45, 2.75) is 104 Å². The third-order valence-electron chi connectivity index (χ3n) is 10.6. The molecule has 9 nitrogen and oxygen atoms in total. The lowest BCUT2D eigenvalue weighted by molar-refractivity contribution is -0.132. The number of carbonyl (C=O) groups is 3. The second-order valence-electron chi connectivity index (χ2n) is 15.7. The van der Waals surface area contributed by atoms with Gasteiger partial charge in [-0.05, 0) is 104 Å². The van der Waals surface area contributed by atoms with E-state index in [1.807, 2.05) is 12.1 Å². The average Bonchev–Trinajstić information content (AvgIpc) is 3.15. The van der Waals surface area contributed by atoms with Gasteiger partial charge in [0.2, 0.25) is 11.8 Å². The summed E-state index contributed by atoms with van der Waals surface area (Å²) < 4.78 is 5.37. The van der Waals surface area contributed by atoms with Crippen molar-refractivity contribution in [2.75, 3.05) is 43.1 Å². The number of nitrogens with one attached hydrogen (secondary N) is 2. The molecule has 9 heteroatoms. The summed E-state index contributed by atoms with van der Waals surface area (Å²) in [5.41, 5.74) is 5.26. The maximum atomic E-state index is 14.8. The van der Waals surface area contributed by atoms with Crippen LogP contribution < -0.4 is 20.4 Å². The zero-order valence-electron chi connectivity index (χ0n) is 32.4. The number of amides is 2. The summed E-state index contributed by atoms with van der Waals surface area (Å²) in [6.07, 6.45) is 8.34. The molecule has 3 aromatic rings. The highest BCUT2D eigenvalue weighted by atomic mass is 16.5. The van der Waals surface area contributed by atoms with Gasteiger partial charge in [0.15, 0.2) is 0 Å². The Kier molecular flexibility index (Phi) is 14.4. The van der Waals surface area contributed by atoms with Gasteiger partial charge >= 0.3 is 5.97 Å². The smallest absolute Gasteiger partial charge is 0.336 e.